The van der Waals surface area contributed by atoms with Crippen LogP contribution in [-0.4, -0.2) is 51.6 Å². The molecular weight excluding hydrogens is 415 g/mol. The lowest BCUT2D eigenvalue weighted by Gasteiger charge is -2.36. The lowest BCUT2D eigenvalue weighted by Crippen LogP contribution is -2.51. The van der Waals surface area contributed by atoms with Gasteiger partial charge in [-0.15, -0.1) is 0 Å². The van der Waals surface area contributed by atoms with Crippen molar-refractivity contribution in [2.24, 2.45) is 0 Å². The third kappa shape index (κ3) is 5.11. The zero-order valence-electron chi connectivity index (χ0n) is 16.6. The van der Waals surface area contributed by atoms with Gasteiger partial charge in [-0.1, -0.05) is 30.7 Å². The average Bonchev–Trinajstić information content (AvgIpc) is 2.73. The largest absolute Gasteiger partial charge is 0.462 e. The summed E-state index contributed by atoms with van der Waals surface area (Å²) in [5, 5.41) is 39.5. The fourth-order valence-corrected chi connectivity index (χ4v) is 3.78. The molecule has 0 aliphatic carbocycles. The predicted octanol–water partition coefficient (Wildman–Crippen LogP) is 2.33. The van der Waals surface area contributed by atoms with Crippen molar-refractivity contribution in [3.05, 3.63) is 63.4 Å². The molecule has 0 amide bonds. The van der Waals surface area contributed by atoms with E-state index < -0.39 is 24.6 Å². The van der Waals surface area contributed by atoms with Gasteiger partial charge in [0.15, 0.2) is 0 Å². The molecule has 1 aliphatic rings. The molecule has 0 bridgehead atoms. The van der Waals surface area contributed by atoms with E-state index in [0.29, 0.717) is 33.7 Å². The summed E-state index contributed by atoms with van der Waals surface area (Å²) < 4.78 is 25.6. The predicted molar refractivity (Wildman–Crippen MR) is 109 cm³/mol. The fraction of sp³-hybridized carbons (Fsp3) is 0.455. The van der Waals surface area contributed by atoms with Gasteiger partial charge in [0.2, 0.25) is 6.29 Å². The molecule has 1 fully saturated rings. The second-order valence-corrected chi connectivity index (χ2v) is 7.80. The van der Waals surface area contributed by atoms with Crippen LogP contribution in [0.2, 0.25) is 5.02 Å². The first-order valence-corrected chi connectivity index (χ1v) is 10.2. The Bertz CT molecular complexity index is 877. The first kappa shape index (κ1) is 22.9. The molecule has 4 N–H and O–H groups in total. The zero-order chi connectivity index (χ0) is 21.8. The third-order valence-electron chi connectivity index (χ3n) is 5.23. The van der Waals surface area contributed by atoms with E-state index >= 15 is 0 Å². The molecule has 0 aromatic heterocycles. The van der Waals surface area contributed by atoms with Gasteiger partial charge in [-0.3, -0.25) is 0 Å². The molecule has 0 spiro atoms. The van der Waals surface area contributed by atoms with Gasteiger partial charge in [0.1, 0.15) is 17.7 Å². The molecule has 1 aliphatic heterocycles. The first-order chi connectivity index (χ1) is 14.4. The number of aliphatic hydroxyl groups excluding tert-OH is 4. The second kappa shape index (κ2) is 10.0. The van der Waals surface area contributed by atoms with Gasteiger partial charge in [0, 0.05) is 23.4 Å². The number of halogens is 2. The lowest BCUT2D eigenvalue weighted by molar-refractivity contribution is -0.240. The van der Waals surface area contributed by atoms with Crippen molar-refractivity contribution < 1.29 is 34.3 Å². The monoisotopic (exact) mass is 440 g/mol. The van der Waals surface area contributed by atoms with Crippen LogP contribution in [0.1, 0.15) is 35.6 Å². The summed E-state index contributed by atoms with van der Waals surface area (Å²) >= 11 is 6.42. The van der Waals surface area contributed by atoms with Crippen LogP contribution < -0.4 is 4.74 Å². The van der Waals surface area contributed by atoms with Crippen molar-refractivity contribution in [3.63, 3.8) is 0 Å². The molecule has 0 radical (unpaired) electrons. The van der Waals surface area contributed by atoms with Crippen molar-refractivity contribution in [2.75, 3.05) is 6.61 Å². The van der Waals surface area contributed by atoms with Gasteiger partial charge in [-0.2, -0.15) is 0 Å². The van der Waals surface area contributed by atoms with E-state index in [1.807, 2.05) is 6.92 Å². The van der Waals surface area contributed by atoms with E-state index in [1.54, 1.807) is 24.3 Å². The summed E-state index contributed by atoms with van der Waals surface area (Å²) in [6.45, 7) is 1.25. The van der Waals surface area contributed by atoms with Gasteiger partial charge in [-0.25, -0.2) is 4.39 Å². The molecule has 4 atom stereocenters. The van der Waals surface area contributed by atoms with Crippen LogP contribution in [-0.2, 0) is 24.2 Å². The molecule has 1 saturated heterocycles. The Balaban J connectivity index is 1.93. The Morgan fingerprint density at radius 1 is 1.17 bits per heavy atom. The topological polar surface area (TPSA) is 99.4 Å². The smallest absolute Gasteiger partial charge is 0.229 e. The Morgan fingerprint density at radius 3 is 2.57 bits per heavy atom. The summed E-state index contributed by atoms with van der Waals surface area (Å²) in [5.74, 6) is -0.0677. The highest BCUT2D eigenvalue weighted by Crippen LogP contribution is 2.34. The molecule has 164 valence electrons. The van der Waals surface area contributed by atoms with Gasteiger partial charge in [0.25, 0.3) is 0 Å². The first-order valence-electron chi connectivity index (χ1n) is 9.84. The van der Waals surface area contributed by atoms with Gasteiger partial charge in [-0.05, 0) is 41.3 Å². The molecule has 30 heavy (non-hydrogen) atoms. The minimum Gasteiger partial charge on any atom is -0.462 e. The quantitative estimate of drug-likeness (QED) is 0.527. The average molecular weight is 441 g/mol. The van der Waals surface area contributed by atoms with E-state index in [9.17, 15) is 24.8 Å². The number of ether oxygens (including phenoxy) is 2. The molecule has 2 aromatic rings. The fourth-order valence-electron chi connectivity index (χ4n) is 3.48. The summed E-state index contributed by atoms with van der Waals surface area (Å²) in [6, 6.07) is 8.11. The Hall–Kier alpha value is -1.74. The maximum Gasteiger partial charge on any atom is 0.229 e. The summed E-state index contributed by atoms with van der Waals surface area (Å²) in [5.41, 5.74) is 2.29. The minimum atomic E-state index is -1.33. The van der Waals surface area contributed by atoms with Crippen LogP contribution in [0, 0.1) is 5.82 Å². The van der Waals surface area contributed by atoms with E-state index in [-0.39, 0.29) is 37.6 Å². The van der Waals surface area contributed by atoms with Crippen molar-refractivity contribution in [1.82, 2.24) is 0 Å². The van der Waals surface area contributed by atoms with E-state index in [0.717, 1.165) is 0 Å². The number of aliphatic hydroxyl groups is 4. The number of rotatable bonds is 7. The summed E-state index contributed by atoms with van der Waals surface area (Å²) in [6.07, 6.45) is -3.49. The summed E-state index contributed by atoms with van der Waals surface area (Å²) in [4.78, 5) is 0. The van der Waals surface area contributed by atoms with Crippen molar-refractivity contribution >= 4 is 11.6 Å². The molecule has 6 nitrogen and oxygen atoms in total. The SMILES string of the molecule is CCc1ccc(Cc2c(Cl)cc(CO)cc2O[C@@H]2O[C@H](CO)C[C@H](O)[C@H]2O)cc1F. The zero-order valence-corrected chi connectivity index (χ0v) is 17.3. The number of benzene rings is 2. The Kier molecular flexibility index (Phi) is 7.68. The van der Waals surface area contributed by atoms with Crippen LogP contribution in [0.25, 0.3) is 0 Å². The number of hydrogen-bond donors (Lipinski definition) is 4. The van der Waals surface area contributed by atoms with Crippen LogP contribution >= 0.6 is 11.6 Å². The molecule has 3 rings (SSSR count). The number of hydrogen-bond acceptors (Lipinski definition) is 6. The highest BCUT2D eigenvalue weighted by atomic mass is 35.5. The minimum absolute atomic E-state index is 0.0743. The third-order valence-corrected chi connectivity index (χ3v) is 5.56. The highest BCUT2D eigenvalue weighted by Gasteiger charge is 2.38. The van der Waals surface area contributed by atoms with E-state index in [1.165, 1.54) is 6.07 Å². The van der Waals surface area contributed by atoms with Crippen LogP contribution in [0.15, 0.2) is 30.3 Å². The summed E-state index contributed by atoms with van der Waals surface area (Å²) in [7, 11) is 0. The molecule has 2 aromatic carbocycles. The molecular formula is C22H26ClFO6. The molecule has 1 heterocycles. The van der Waals surface area contributed by atoms with E-state index in [4.69, 9.17) is 21.1 Å². The van der Waals surface area contributed by atoms with Gasteiger partial charge >= 0.3 is 0 Å². The standard InChI is InChI=1S/C22H26ClFO6/c1-2-14-4-3-12(7-18(14)24)5-16-17(23)6-13(10-25)8-20(16)30-22-21(28)19(27)9-15(11-26)29-22/h3-4,6-8,15,19,21-22,25-28H,2,5,9-11H2,1H3/t15-,19-,21+,22-/m0/s1. The molecule has 0 unspecified atom stereocenters. The van der Waals surface area contributed by atoms with Crippen molar-refractivity contribution in [2.45, 2.75) is 57.4 Å². The van der Waals surface area contributed by atoms with Crippen LogP contribution in [0.3, 0.4) is 0 Å². The Labute approximate surface area is 179 Å². The highest BCUT2D eigenvalue weighted by molar-refractivity contribution is 6.31. The lowest BCUT2D eigenvalue weighted by atomic mass is 9.99. The maximum absolute atomic E-state index is 14.2. The normalized spacial score (nSPS) is 24.1. The maximum atomic E-state index is 14.2. The van der Waals surface area contributed by atoms with Crippen LogP contribution in [0.5, 0.6) is 5.75 Å². The molecule has 8 heteroatoms. The number of aryl methyl sites for hydroxylation is 1. The van der Waals surface area contributed by atoms with Crippen molar-refractivity contribution in [3.8, 4) is 5.75 Å². The van der Waals surface area contributed by atoms with Gasteiger partial charge < -0.3 is 29.9 Å². The van der Waals surface area contributed by atoms with Crippen LogP contribution in [0.4, 0.5) is 4.39 Å². The second-order valence-electron chi connectivity index (χ2n) is 7.39. The molecule has 0 saturated carbocycles. The van der Waals surface area contributed by atoms with Crippen molar-refractivity contribution in [1.29, 1.82) is 0 Å². The Morgan fingerprint density at radius 2 is 1.93 bits per heavy atom. The van der Waals surface area contributed by atoms with Gasteiger partial charge in [0.05, 0.1) is 25.4 Å². The van der Waals surface area contributed by atoms with E-state index in [2.05, 4.69) is 0 Å².